The average molecular weight is 503 g/mol. The quantitative estimate of drug-likeness (QED) is 0.629. The number of alkyl halides is 3. The Bertz CT molecular complexity index is 1040. The summed E-state index contributed by atoms with van der Waals surface area (Å²) in [6, 6.07) is 6.46. The number of carbonyl (C=O) groups is 1. The molecule has 0 atom stereocenters. The highest BCUT2D eigenvalue weighted by molar-refractivity contribution is 5.94. The van der Waals surface area contributed by atoms with Crippen LogP contribution in [0.2, 0.25) is 0 Å². The third kappa shape index (κ3) is 5.77. The number of hydrogen-bond acceptors (Lipinski definition) is 5. The van der Waals surface area contributed by atoms with E-state index < -0.39 is 11.7 Å². The molecule has 3 heterocycles. The van der Waals surface area contributed by atoms with E-state index in [1.165, 1.54) is 17.7 Å². The predicted molar refractivity (Wildman–Crippen MR) is 131 cm³/mol. The first-order chi connectivity index (χ1) is 17.4. The molecule has 3 aliphatic rings. The van der Waals surface area contributed by atoms with E-state index in [-0.39, 0.29) is 17.5 Å². The molecular weight excluding hydrogens is 469 g/mol. The molecule has 1 N–H and O–H groups in total. The van der Waals surface area contributed by atoms with Crippen LogP contribution in [-0.4, -0.2) is 61.2 Å². The van der Waals surface area contributed by atoms with Crippen molar-refractivity contribution in [3.05, 3.63) is 53.2 Å². The number of halogens is 3. The lowest BCUT2D eigenvalue weighted by molar-refractivity contribution is -0.137. The molecule has 5 rings (SSSR count). The van der Waals surface area contributed by atoms with E-state index in [0.29, 0.717) is 5.92 Å². The molecular formula is C27H33F3N4O2. The molecule has 2 fully saturated rings. The van der Waals surface area contributed by atoms with Gasteiger partial charge in [0.05, 0.1) is 12.2 Å². The van der Waals surface area contributed by atoms with Gasteiger partial charge in [-0.05, 0) is 74.9 Å². The normalized spacial score (nSPS) is 22.7. The van der Waals surface area contributed by atoms with E-state index in [1.54, 1.807) is 0 Å². The monoisotopic (exact) mass is 502 g/mol. The Morgan fingerprint density at radius 3 is 2.44 bits per heavy atom. The van der Waals surface area contributed by atoms with Crippen molar-refractivity contribution in [3.63, 3.8) is 0 Å². The molecule has 194 valence electrons. The van der Waals surface area contributed by atoms with Crippen molar-refractivity contribution < 1.29 is 22.7 Å². The van der Waals surface area contributed by atoms with E-state index in [4.69, 9.17) is 4.74 Å². The summed E-state index contributed by atoms with van der Waals surface area (Å²) in [7, 11) is 0. The summed E-state index contributed by atoms with van der Waals surface area (Å²) in [4.78, 5) is 22.0. The molecule has 1 amide bonds. The highest BCUT2D eigenvalue weighted by Gasteiger charge is 2.31. The van der Waals surface area contributed by atoms with E-state index >= 15 is 0 Å². The summed E-state index contributed by atoms with van der Waals surface area (Å²) in [6.45, 7) is 5.85. The van der Waals surface area contributed by atoms with Crippen molar-refractivity contribution >= 4 is 11.7 Å². The molecule has 0 unspecified atom stereocenters. The van der Waals surface area contributed by atoms with Crippen LogP contribution in [0, 0.1) is 5.92 Å². The Labute approximate surface area is 209 Å². The van der Waals surface area contributed by atoms with Crippen LogP contribution in [0.5, 0.6) is 5.75 Å². The van der Waals surface area contributed by atoms with Gasteiger partial charge in [-0.1, -0.05) is 0 Å². The summed E-state index contributed by atoms with van der Waals surface area (Å²) in [5.41, 5.74) is 0.774. The number of fused-ring (bicyclic) bond motifs is 1. The minimum Gasteiger partial charge on any atom is -0.493 e. The molecule has 2 aliphatic heterocycles. The highest BCUT2D eigenvalue weighted by Crippen LogP contribution is 2.33. The molecule has 1 aliphatic carbocycles. The van der Waals surface area contributed by atoms with Gasteiger partial charge in [0.25, 0.3) is 5.91 Å². The number of pyridine rings is 1. The number of hydrogen-bond donors (Lipinski definition) is 1. The van der Waals surface area contributed by atoms with Gasteiger partial charge in [-0.15, -0.1) is 0 Å². The third-order valence-electron chi connectivity index (χ3n) is 7.78. The van der Waals surface area contributed by atoms with Crippen LogP contribution in [0.3, 0.4) is 0 Å². The van der Waals surface area contributed by atoms with Crippen molar-refractivity contribution in [2.24, 2.45) is 5.92 Å². The summed E-state index contributed by atoms with van der Waals surface area (Å²) < 4.78 is 43.9. The van der Waals surface area contributed by atoms with Crippen molar-refractivity contribution in [3.8, 4) is 5.75 Å². The number of aromatic nitrogens is 1. The number of rotatable bonds is 6. The summed E-state index contributed by atoms with van der Waals surface area (Å²) in [5, 5.41) is 3.01. The Hall–Kier alpha value is -2.81. The predicted octanol–water partition coefficient (Wildman–Crippen LogP) is 4.54. The maximum Gasteiger partial charge on any atom is 0.416 e. The van der Waals surface area contributed by atoms with E-state index in [2.05, 4.69) is 20.1 Å². The molecule has 9 heteroatoms. The van der Waals surface area contributed by atoms with Crippen molar-refractivity contribution in [2.75, 3.05) is 44.2 Å². The summed E-state index contributed by atoms with van der Waals surface area (Å²) in [6.07, 6.45) is 3.51. The van der Waals surface area contributed by atoms with Gasteiger partial charge in [-0.25, -0.2) is 4.98 Å². The van der Waals surface area contributed by atoms with Crippen LogP contribution in [0.25, 0.3) is 0 Å². The highest BCUT2D eigenvalue weighted by atomic mass is 19.4. The van der Waals surface area contributed by atoms with Gasteiger partial charge in [0.15, 0.2) is 0 Å². The number of benzene rings is 1. The smallest absolute Gasteiger partial charge is 0.416 e. The minimum atomic E-state index is -4.39. The number of carbonyl (C=O) groups excluding carboxylic acids is 1. The van der Waals surface area contributed by atoms with E-state index in [9.17, 15) is 18.0 Å². The number of piperazine rings is 1. The van der Waals surface area contributed by atoms with Crippen LogP contribution in [0.4, 0.5) is 19.0 Å². The second-order valence-electron chi connectivity index (χ2n) is 10.1. The summed E-state index contributed by atoms with van der Waals surface area (Å²) in [5.74, 6) is 2.42. The lowest BCUT2D eigenvalue weighted by Crippen LogP contribution is -2.47. The molecule has 6 nitrogen and oxygen atoms in total. The van der Waals surface area contributed by atoms with Gasteiger partial charge >= 0.3 is 6.18 Å². The van der Waals surface area contributed by atoms with Crippen LogP contribution in [-0.2, 0) is 12.6 Å². The molecule has 1 aromatic heterocycles. The van der Waals surface area contributed by atoms with Crippen molar-refractivity contribution in [1.29, 1.82) is 0 Å². The van der Waals surface area contributed by atoms with Gasteiger partial charge < -0.3 is 15.0 Å². The molecule has 0 radical (unpaired) electrons. The molecule has 0 bridgehead atoms. The van der Waals surface area contributed by atoms with Crippen molar-refractivity contribution in [2.45, 2.75) is 50.7 Å². The van der Waals surface area contributed by atoms with E-state index in [0.717, 1.165) is 102 Å². The van der Waals surface area contributed by atoms with Gasteiger partial charge in [0.1, 0.15) is 11.6 Å². The van der Waals surface area contributed by atoms with Gasteiger partial charge in [-0.3, -0.25) is 9.69 Å². The van der Waals surface area contributed by atoms with Gasteiger partial charge in [-0.2, -0.15) is 13.2 Å². The third-order valence-corrected chi connectivity index (χ3v) is 7.78. The molecule has 1 saturated carbocycles. The second-order valence-corrected chi connectivity index (χ2v) is 10.1. The standard InChI is InChI=1S/C27H33F3N4O2/c28-27(29,30)21-5-3-20(4-6-21)26(35)32-22-7-1-19(2-8-22)10-13-33-14-16-34(17-15-33)25-23-11-18-36-24(23)9-12-31-25/h3-6,9,12,19,22H,1-2,7-8,10-11,13-18H2,(H,32,35). The zero-order chi connectivity index (χ0) is 25.1. The van der Waals surface area contributed by atoms with Crippen LogP contribution in [0.15, 0.2) is 36.5 Å². The Morgan fingerprint density at radius 1 is 1.03 bits per heavy atom. The average Bonchev–Trinajstić information content (AvgIpc) is 3.37. The topological polar surface area (TPSA) is 57.7 Å². The first-order valence-corrected chi connectivity index (χ1v) is 12.9. The zero-order valence-electron chi connectivity index (χ0n) is 20.4. The SMILES string of the molecule is O=C(NC1CCC(CCN2CCN(c3nccc4c3CCO4)CC2)CC1)c1ccc(C(F)(F)F)cc1. The first kappa shape index (κ1) is 24.9. The van der Waals surface area contributed by atoms with Crippen LogP contribution in [0.1, 0.15) is 53.6 Å². The molecule has 2 aromatic rings. The molecule has 0 spiro atoms. The number of anilines is 1. The zero-order valence-corrected chi connectivity index (χ0v) is 20.4. The van der Waals surface area contributed by atoms with E-state index in [1.807, 2.05) is 12.3 Å². The van der Waals surface area contributed by atoms with Gasteiger partial charge in [0, 0.05) is 56.0 Å². The van der Waals surface area contributed by atoms with Crippen molar-refractivity contribution in [1.82, 2.24) is 15.2 Å². The largest absolute Gasteiger partial charge is 0.493 e. The number of nitrogens with zero attached hydrogens (tertiary/aromatic N) is 3. The molecule has 1 saturated heterocycles. The fourth-order valence-corrected chi connectivity index (χ4v) is 5.59. The number of amides is 1. The Morgan fingerprint density at radius 2 is 1.75 bits per heavy atom. The fraction of sp³-hybridized carbons (Fsp3) is 0.556. The molecule has 1 aromatic carbocycles. The maximum absolute atomic E-state index is 12.7. The first-order valence-electron chi connectivity index (χ1n) is 12.9. The maximum atomic E-state index is 12.7. The van der Waals surface area contributed by atoms with Crippen LogP contribution < -0.4 is 15.0 Å². The summed E-state index contributed by atoms with van der Waals surface area (Å²) >= 11 is 0. The fourth-order valence-electron chi connectivity index (χ4n) is 5.59. The molecule has 36 heavy (non-hydrogen) atoms. The van der Waals surface area contributed by atoms with Crippen LogP contribution >= 0.6 is 0 Å². The van der Waals surface area contributed by atoms with Gasteiger partial charge in [0.2, 0.25) is 0 Å². The second kappa shape index (κ2) is 10.7. The number of nitrogens with one attached hydrogen (secondary N) is 1. The lowest BCUT2D eigenvalue weighted by Gasteiger charge is -2.37. The minimum absolute atomic E-state index is 0.0867. The Kier molecular flexibility index (Phi) is 7.37. The number of ether oxygens (including phenoxy) is 1. The Balaban J connectivity index is 1.01. The lowest BCUT2D eigenvalue weighted by atomic mass is 9.84.